The summed E-state index contributed by atoms with van der Waals surface area (Å²) in [5.74, 6) is 1.05. The van der Waals surface area contributed by atoms with Crippen LogP contribution in [0.4, 0.5) is 0 Å². The van der Waals surface area contributed by atoms with Gasteiger partial charge in [-0.3, -0.25) is 9.89 Å². The van der Waals surface area contributed by atoms with Crippen molar-refractivity contribution in [2.75, 3.05) is 14.2 Å². The minimum atomic E-state index is -0.148. The Hall–Kier alpha value is -2.04. The molecule has 0 radical (unpaired) electrons. The molecule has 2 rings (SSSR count). The molecule has 5 nitrogen and oxygen atoms in total. The second-order valence-corrected chi connectivity index (χ2v) is 2.96. The largest absolute Gasteiger partial charge is 0.493 e. The highest BCUT2D eigenvalue weighted by atomic mass is 16.5. The van der Waals surface area contributed by atoms with E-state index in [1.807, 2.05) is 0 Å². The first-order chi connectivity index (χ1) is 7.27. The fourth-order valence-corrected chi connectivity index (χ4v) is 1.47. The molecule has 0 amide bonds. The van der Waals surface area contributed by atoms with Crippen molar-refractivity contribution in [3.05, 3.63) is 28.6 Å². The van der Waals surface area contributed by atoms with E-state index in [0.717, 1.165) is 0 Å². The van der Waals surface area contributed by atoms with Gasteiger partial charge in [-0.2, -0.15) is 5.10 Å². The smallest absolute Gasteiger partial charge is 0.208 e. The maximum absolute atomic E-state index is 11.5. The zero-order valence-electron chi connectivity index (χ0n) is 8.40. The molecule has 0 fully saturated rings. The van der Waals surface area contributed by atoms with Crippen LogP contribution >= 0.6 is 0 Å². The molecule has 1 aromatic carbocycles. The number of nitrogens with zero attached hydrogens (tertiary/aromatic N) is 1. The molecular formula is C10H10N2O3. The molecule has 0 bridgehead atoms. The SMILES string of the molecule is COc1ccc2c(=O)cn[nH]c2c1OC. The lowest BCUT2D eigenvalue weighted by Crippen LogP contribution is -2.04. The molecule has 0 saturated carbocycles. The second kappa shape index (κ2) is 3.61. The van der Waals surface area contributed by atoms with Gasteiger partial charge in [-0.05, 0) is 12.1 Å². The van der Waals surface area contributed by atoms with E-state index in [1.54, 1.807) is 12.1 Å². The zero-order chi connectivity index (χ0) is 10.8. The highest BCUT2D eigenvalue weighted by molar-refractivity contribution is 5.86. The molecule has 1 N–H and O–H groups in total. The first-order valence-electron chi connectivity index (χ1n) is 4.36. The van der Waals surface area contributed by atoms with E-state index in [9.17, 15) is 4.79 Å². The number of rotatable bonds is 2. The van der Waals surface area contributed by atoms with Crippen LogP contribution in [0, 0.1) is 0 Å². The van der Waals surface area contributed by atoms with Gasteiger partial charge in [0.1, 0.15) is 5.52 Å². The number of H-pyrrole nitrogens is 1. The van der Waals surface area contributed by atoms with Gasteiger partial charge in [0.2, 0.25) is 5.43 Å². The average Bonchev–Trinajstić information content (AvgIpc) is 2.28. The number of hydrogen-bond acceptors (Lipinski definition) is 4. The molecule has 0 spiro atoms. The molecule has 5 heteroatoms. The molecule has 15 heavy (non-hydrogen) atoms. The summed E-state index contributed by atoms with van der Waals surface area (Å²) in [7, 11) is 3.06. The van der Waals surface area contributed by atoms with Gasteiger partial charge in [0, 0.05) is 0 Å². The van der Waals surface area contributed by atoms with Crippen molar-refractivity contribution < 1.29 is 9.47 Å². The number of aromatic nitrogens is 2. The lowest BCUT2D eigenvalue weighted by Gasteiger charge is -2.09. The maximum Gasteiger partial charge on any atom is 0.208 e. The van der Waals surface area contributed by atoms with Crippen molar-refractivity contribution in [1.82, 2.24) is 10.2 Å². The van der Waals surface area contributed by atoms with E-state index in [0.29, 0.717) is 22.4 Å². The molecule has 0 aliphatic heterocycles. The first-order valence-corrected chi connectivity index (χ1v) is 4.36. The van der Waals surface area contributed by atoms with E-state index in [1.165, 1.54) is 20.4 Å². The second-order valence-electron chi connectivity index (χ2n) is 2.96. The van der Waals surface area contributed by atoms with Crippen molar-refractivity contribution in [3.63, 3.8) is 0 Å². The summed E-state index contributed by atoms with van der Waals surface area (Å²) in [5, 5.41) is 6.98. The van der Waals surface area contributed by atoms with Gasteiger partial charge in [-0.25, -0.2) is 0 Å². The normalized spacial score (nSPS) is 10.3. The highest BCUT2D eigenvalue weighted by Crippen LogP contribution is 2.31. The Bertz CT molecular complexity index is 548. The van der Waals surface area contributed by atoms with Crippen LogP contribution in [-0.4, -0.2) is 24.4 Å². The van der Waals surface area contributed by atoms with Gasteiger partial charge in [0.25, 0.3) is 0 Å². The Morgan fingerprint density at radius 3 is 2.73 bits per heavy atom. The van der Waals surface area contributed by atoms with Gasteiger partial charge >= 0.3 is 0 Å². The molecule has 1 aromatic heterocycles. The monoisotopic (exact) mass is 206 g/mol. The van der Waals surface area contributed by atoms with E-state index >= 15 is 0 Å². The van der Waals surface area contributed by atoms with E-state index in [-0.39, 0.29) is 5.43 Å². The highest BCUT2D eigenvalue weighted by Gasteiger charge is 2.10. The van der Waals surface area contributed by atoms with E-state index in [2.05, 4.69) is 10.2 Å². The third kappa shape index (κ3) is 1.41. The first kappa shape index (κ1) is 9.51. The van der Waals surface area contributed by atoms with Gasteiger partial charge < -0.3 is 9.47 Å². The maximum atomic E-state index is 11.5. The molecular weight excluding hydrogens is 196 g/mol. The van der Waals surface area contributed by atoms with Crippen molar-refractivity contribution in [2.24, 2.45) is 0 Å². The minimum Gasteiger partial charge on any atom is -0.493 e. The van der Waals surface area contributed by atoms with Crippen LogP contribution in [0.5, 0.6) is 11.5 Å². The summed E-state index contributed by atoms with van der Waals surface area (Å²) >= 11 is 0. The number of aromatic amines is 1. The summed E-state index contributed by atoms with van der Waals surface area (Å²) in [5.41, 5.74) is 0.397. The third-order valence-corrected chi connectivity index (χ3v) is 2.17. The van der Waals surface area contributed by atoms with Crippen LogP contribution in [-0.2, 0) is 0 Å². The van der Waals surface area contributed by atoms with Gasteiger partial charge in [0.15, 0.2) is 11.5 Å². The Morgan fingerprint density at radius 2 is 2.07 bits per heavy atom. The van der Waals surface area contributed by atoms with Crippen molar-refractivity contribution >= 4 is 10.9 Å². The minimum absolute atomic E-state index is 0.148. The van der Waals surface area contributed by atoms with Crippen LogP contribution in [0.2, 0.25) is 0 Å². The quantitative estimate of drug-likeness (QED) is 0.794. The van der Waals surface area contributed by atoms with Crippen molar-refractivity contribution in [2.45, 2.75) is 0 Å². The summed E-state index contributed by atoms with van der Waals surface area (Å²) in [6.07, 6.45) is 1.23. The summed E-state index contributed by atoms with van der Waals surface area (Å²) in [6, 6.07) is 3.37. The number of hydrogen-bond donors (Lipinski definition) is 1. The molecule has 0 saturated heterocycles. The summed E-state index contributed by atoms with van der Waals surface area (Å²) < 4.78 is 10.3. The van der Waals surface area contributed by atoms with Gasteiger partial charge in [0.05, 0.1) is 25.8 Å². The number of ether oxygens (including phenoxy) is 2. The third-order valence-electron chi connectivity index (χ3n) is 2.17. The van der Waals surface area contributed by atoms with E-state index in [4.69, 9.17) is 9.47 Å². The van der Waals surface area contributed by atoms with Crippen LogP contribution in [0.1, 0.15) is 0 Å². The predicted molar refractivity (Wildman–Crippen MR) is 55.5 cm³/mol. The van der Waals surface area contributed by atoms with Crippen LogP contribution in [0.15, 0.2) is 23.1 Å². The zero-order valence-corrected chi connectivity index (χ0v) is 8.40. The Labute approximate surface area is 85.6 Å². The molecule has 1 heterocycles. The number of fused-ring (bicyclic) bond motifs is 1. The van der Waals surface area contributed by atoms with E-state index < -0.39 is 0 Å². The number of nitrogens with one attached hydrogen (secondary N) is 1. The molecule has 0 atom stereocenters. The fraction of sp³-hybridized carbons (Fsp3) is 0.200. The molecule has 2 aromatic rings. The van der Waals surface area contributed by atoms with Crippen LogP contribution in [0.25, 0.3) is 10.9 Å². The van der Waals surface area contributed by atoms with Crippen molar-refractivity contribution in [1.29, 1.82) is 0 Å². The number of methoxy groups -OCH3 is 2. The van der Waals surface area contributed by atoms with Gasteiger partial charge in [-0.15, -0.1) is 0 Å². The lowest BCUT2D eigenvalue weighted by atomic mass is 10.2. The Balaban J connectivity index is 2.88. The molecule has 0 aliphatic rings. The fourth-order valence-electron chi connectivity index (χ4n) is 1.47. The average molecular weight is 206 g/mol. The summed E-state index contributed by atoms with van der Waals surface area (Å²) in [4.78, 5) is 11.5. The number of benzene rings is 1. The topological polar surface area (TPSA) is 64.2 Å². The molecule has 0 aliphatic carbocycles. The predicted octanol–water partition coefficient (Wildman–Crippen LogP) is 0.940. The van der Waals surface area contributed by atoms with Gasteiger partial charge in [-0.1, -0.05) is 0 Å². The van der Waals surface area contributed by atoms with Crippen molar-refractivity contribution in [3.8, 4) is 11.5 Å². The molecule has 0 unspecified atom stereocenters. The molecule has 78 valence electrons. The van der Waals surface area contributed by atoms with Crippen LogP contribution in [0.3, 0.4) is 0 Å². The Morgan fingerprint density at radius 1 is 1.27 bits per heavy atom. The van der Waals surface area contributed by atoms with Crippen LogP contribution < -0.4 is 14.9 Å². The Kier molecular flexibility index (Phi) is 2.29. The standard InChI is InChI=1S/C10H10N2O3/c1-14-8-4-3-6-7(13)5-11-12-9(6)10(8)15-2/h3-5H,1-2H3,(H,12,13). The summed E-state index contributed by atoms with van der Waals surface area (Å²) in [6.45, 7) is 0. The lowest BCUT2D eigenvalue weighted by molar-refractivity contribution is 0.358.